The lowest BCUT2D eigenvalue weighted by Crippen LogP contribution is -2.37. The number of ether oxygens (including phenoxy) is 3. The molecule has 0 aromatic heterocycles. The first-order chi connectivity index (χ1) is 11.7. The Balaban J connectivity index is 1.25. The molecule has 1 saturated heterocycles. The van der Waals surface area contributed by atoms with Crippen molar-refractivity contribution in [1.29, 1.82) is 0 Å². The summed E-state index contributed by atoms with van der Waals surface area (Å²) in [6.45, 7) is 0.943. The highest BCUT2D eigenvalue weighted by atomic mass is 16.7. The minimum Gasteiger partial charge on any atom is -0.454 e. The molecule has 2 heterocycles. The molecular weight excluding hydrogens is 306 g/mol. The molecule has 2 aliphatic heterocycles. The van der Waals surface area contributed by atoms with Crippen LogP contribution in [0, 0.1) is 0 Å². The molecule has 1 aromatic carbocycles. The second kappa shape index (κ2) is 6.63. The van der Waals surface area contributed by atoms with Crippen LogP contribution in [-0.4, -0.2) is 30.9 Å². The van der Waals surface area contributed by atoms with Crippen molar-refractivity contribution in [3.05, 3.63) is 23.8 Å². The number of carbonyl (C=O) groups excluding carboxylic acids is 1. The Morgan fingerprint density at radius 3 is 2.88 bits per heavy atom. The Kier molecular flexibility index (Phi) is 4.35. The van der Waals surface area contributed by atoms with Crippen LogP contribution in [-0.2, 0) is 16.0 Å². The summed E-state index contributed by atoms with van der Waals surface area (Å²) in [6.07, 6.45) is 8.30. The molecule has 24 heavy (non-hydrogen) atoms. The van der Waals surface area contributed by atoms with Gasteiger partial charge in [-0.3, -0.25) is 4.79 Å². The quantitative estimate of drug-likeness (QED) is 0.921. The van der Waals surface area contributed by atoms with Gasteiger partial charge in [0.2, 0.25) is 12.7 Å². The van der Waals surface area contributed by atoms with Gasteiger partial charge >= 0.3 is 0 Å². The standard InChI is InChI=1S/C19H25NO4/c21-18(7-5-14-4-6-16-17(10-14)23-13-22-16)20-15-11-19(24-12-15)8-2-1-3-9-19/h4,6,10,15H,1-3,5,7-9,11-13H2,(H,20,21). The van der Waals surface area contributed by atoms with Crippen molar-refractivity contribution < 1.29 is 19.0 Å². The van der Waals surface area contributed by atoms with E-state index in [4.69, 9.17) is 14.2 Å². The summed E-state index contributed by atoms with van der Waals surface area (Å²) < 4.78 is 16.7. The van der Waals surface area contributed by atoms with Crippen LogP contribution in [0.25, 0.3) is 0 Å². The first-order valence-corrected chi connectivity index (χ1v) is 9.04. The molecule has 1 unspecified atom stereocenters. The van der Waals surface area contributed by atoms with E-state index >= 15 is 0 Å². The average molecular weight is 331 g/mol. The highest BCUT2D eigenvalue weighted by Gasteiger charge is 2.41. The average Bonchev–Trinajstić information content (AvgIpc) is 3.20. The smallest absolute Gasteiger partial charge is 0.231 e. The van der Waals surface area contributed by atoms with Crippen LogP contribution < -0.4 is 14.8 Å². The minimum absolute atomic E-state index is 0.0491. The summed E-state index contributed by atoms with van der Waals surface area (Å²) >= 11 is 0. The largest absolute Gasteiger partial charge is 0.454 e. The first kappa shape index (κ1) is 15.8. The number of rotatable bonds is 4. The van der Waals surface area contributed by atoms with Crippen molar-refractivity contribution in [2.24, 2.45) is 0 Å². The molecule has 5 heteroatoms. The van der Waals surface area contributed by atoms with Gasteiger partial charge in [-0.2, -0.15) is 0 Å². The fraction of sp³-hybridized carbons (Fsp3) is 0.632. The number of nitrogens with one attached hydrogen (secondary N) is 1. The number of aryl methyl sites for hydroxylation is 1. The van der Waals surface area contributed by atoms with Crippen LogP contribution in [0.4, 0.5) is 0 Å². The van der Waals surface area contributed by atoms with Gasteiger partial charge in [0, 0.05) is 6.42 Å². The molecular formula is C19H25NO4. The summed E-state index contributed by atoms with van der Waals surface area (Å²) in [5, 5.41) is 3.15. The molecule has 5 nitrogen and oxygen atoms in total. The number of amides is 1. The third kappa shape index (κ3) is 3.36. The fourth-order valence-electron chi connectivity index (χ4n) is 4.14. The zero-order valence-corrected chi connectivity index (χ0v) is 14.0. The highest BCUT2D eigenvalue weighted by molar-refractivity contribution is 5.76. The van der Waals surface area contributed by atoms with Crippen LogP contribution in [0.15, 0.2) is 18.2 Å². The van der Waals surface area contributed by atoms with Crippen LogP contribution in [0.1, 0.15) is 50.5 Å². The molecule has 4 rings (SSSR count). The number of hydrogen-bond donors (Lipinski definition) is 1. The lowest BCUT2D eigenvalue weighted by molar-refractivity contribution is -0.121. The molecule has 0 bridgehead atoms. The Morgan fingerprint density at radius 1 is 1.17 bits per heavy atom. The topological polar surface area (TPSA) is 56.8 Å². The number of benzene rings is 1. The fourth-order valence-corrected chi connectivity index (χ4v) is 4.14. The van der Waals surface area contributed by atoms with E-state index in [9.17, 15) is 4.79 Å². The van der Waals surface area contributed by atoms with E-state index in [-0.39, 0.29) is 24.3 Å². The van der Waals surface area contributed by atoms with Gasteiger partial charge in [-0.25, -0.2) is 0 Å². The zero-order chi connectivity index (χ0) is 16.4. The van der Waals surface area contributed by atoms with E-state index in [1.165, 1.54) is 19.3 Å². The van der Waals surface area contributed by atoms with Gasteiger partial charge in [0.15, 0.2) is 11.5 Å². The molecule has 130 valence electrons. The van der Waals surface area contributed by atoms with E-state index in [1.54, 1.807) is 0 Å². The predicted molar refractivity (Wildman–Crippen MR) is 89.2 cm³/mol. The molecule has 1 spiro atoms. The third-order valence-electron chi connectivity index (χ3n) is 5.42. The van der Waals surface area contributed by atoms with Crippen molar-refractivity contribution in [2.75, 3.05) is 13.4 Å². The molecule has 1 atom stereocenters. The zero-order valence-electron chi connectivity index (χ0n) is 14.0. The van der Waals surface area contributed by atoms with Gasteiger partial charge in [0.05, 0.1) is 18.2 Å². The van der Waals surface area contributed by atoms with Crippen LogP contribution >= 0.6 is 0 Å². The van der Waals surface area contributed by atoms with Gasteiger partial charge in [-0.15, -0.1) is 0 Å². The maximum atomic E-state index is 12.3. The van der Waals surface area contributed by atoms with E-state index in [2.05, 4.69) is 5.32 Å². The predicted octanol–water partition coefficient (Wildman–Crippen LogP) is 2.96. The lowest BCUT2D eigenvalue weighted by Gasteiger charge is -2.32. The molecule has 2 fully saturated rings. The van der Waals surface area contributed by atoms with E-state index in [1.807, 2.05) is 18.2 Å². The van der Waals surface area contributed by atoms with Gasteiger partial charge in [-0.05, 0) is 43.4 Å². The van der Waals surface area contributed by atoms with Crippen molar-refractivity contribution in [1.82, 2.24) is 5.32 Å². The van der Waals surface area contributed by atoms with Gasteiger partial charge in [-0.1, -0.05) is 25.3 Å². The maximum absolute atomic E-state index is 12.3. The molecule has 0 radical (unpaired) electrons. The molecule has 1 amide bonds. The summed E-state index contributed by atoms with van der Waals surface area (Å²) in [5.74, 6) is 1.66. The summed E-state index contributed by atoms with van der Waals surface area (Å²) in [7, 11) is 0. The van der Waals surface area contributed by atoms with Gasteiger partial charge in [0.25, 0.3) is 0 Å². The number of hydrogen-bond acceptors (Lipinski definition) is 4. The van der Waals surface area contributed by atoms with Crippen molar-refractivity contribution >= 4 is 5.91 Å². The second-order valence-corrected chi connectivity index (χ2v) is 7.21. The Bertz CT molecular complexity index is 609. The molecule has 1 aliphatic carbocycles. The molecule has 3 aliphatic rings. The number of carbonyl (C=O) groups is 1. The van der Waals surface area contributed by atoms with Crippen molar-refractivity contribution in [3.63, 3.8) is 0 Å². The normalized spacial score (nSPS) is 24.2. The van der Waals surface area contributed by atoms with Gasteiger partial charge < -0.3 is 19.5 Å². The van der Waals surface area contributed by atoms with Crippen molar-refractivity contribution in [2.45, 2.75) is 63.0 Å². The summed E-state index contributed by atoms with van der Waals surface area (Å²) in [6, 6.07) is 6.04. The maximum Gasteiger partial charge on any atom is 0.231 e. The van der Waals surface area contributed by atoms with Crippen LogP contribution in [0.5, 0.6) is 11.5 Å². The Labute approximate surface area is 142 Å². The van der Waals surface area contributed by atoms with E-state index in [0.29, 0.717) is 19.4 Å². The number of fused-ring (bicyclic) bond motifs is 1. The molecule has 1 N–H and O–H groups in total. The van der Waals surface area contributed by atoms with Crippen LogP contribution in [0.2, 0.25) is 0 Å². The summed E-state index contributed by atoms with van der Waals surface area (Å²) in [4.78, 5) is 12.3. The van der Waals surface area contributed by atoms with Gasteiger partial charge in [0.1, 0.15) is 0 Å². The SMILES string of the molecule is O=C(CCc1ccc2c(c1)OCO2)NC1COC2(CCCCC2)C1. The molecule has 1 saturated carbocycles. The Hall–Kier alpha value is -1.75. The monoisotopic (exact) mass is 331 g/mol. The van der Waals surface area contributed by atoms with E-state index in [0.717, 1.165) is 36.3 Å². The highest BCUT2D eigenvalue weighted by Crippen LogP contribution is 2.39. The minimum atomic E-state index is 0.0491. The molecule has 1 aromatic rings. The lowest BCUT2D eigenvalue weighted by atomic mass is 9.82. The second-order valence-electron chi connectivity index (χ2n) is 7.21. The van der Waals surface area contributed by atoms with Crippen molar-refractivity contribution in [3.8, 4) is 11.5 Å². The Morgan fingerprint density at radius 2 is 2.00 bits per heavy atom. The van der Waals surface area contributed by atoms with E-state index < -0.39 is 0 Å². The van der Waals surface area contributed by atoms with Crippen LogP contribution in [0.3, 0.4) is 0 Å². The summed E-state index contributed by atoms with van der Waals surface area (Å²) in [5.41, 5.74) is 1.15. The third-order valence-corrected chi connectivity index (χ3v) is 5.42. The first-order valence-electron chi connectivity index (χ1n) is 9.04.